The smallest absolute Gasteiger partial charge is 0.0355 e. The van der Waals surface area contributed by atoms with E-state index in [1.165, 1.54) is 11.1 Å². The van der Waals surface area contributed by atoms with Crippen molar-refractivity contribution < 1.29 is 0 Å². The Kier molecular flexibility index (Phi) is 4.65. The number of benzene rings is 1. The van der Waals surface area contributed by atoms with Crippen LogP contribution in [0.1, 0.15) is 31.9 Å². The Morgan fingerprint density at radius 2 is 1.77 bits per heavy atom. The van der Waals surface area contributed by atoms with Crippen LogP contribution in [0.4, 0.5) is 0 Å². The van der Waals surface area contributed by atoms with Crippen molar-refractivity contribution in [2.24, 2.45) is 5.73 Å². The minimum Gasteiger partial charge on any atom is -0.322 e. The number of halogens is 1. The number of nitrogens with two attached hydrogens (primary N) is 1. The zero-order chi connectivity index (χ0) is 9.19. The van der Waals surface area contributed by atoms with Crippen LogP contribution in [0.2, 0.25) is 0 Å². The molecule has 0 unspecified atom stereocenters. The second kappa shape index (κ2) is 4.77. The van der Waals surface area contributed by atoms with Crippen LogP contribution in [-0.4, -0.2) is 0 Å². The molecule has 0 atom stereocenters. The first-order valence-electron chi connectivity index (χ1n) is 4.43. The molecule has 1 nitrogen and oxygen atoms in total. The number of hydrogen-bond acceptors (Lipinski definition) is 1. The molecule has 0 aliphatic rings. The van der Waals surface area contributed by atoms with Gasteiger partial charge in [-0.15, -0.1) is 17.0 Å². The average molecular weight is 244 g/mol. The summed E-state index contributed by atoms with van der Waals surface area (Å²) in [4.78, 5) is 0. The van der Waals surface area contributed by atoms with Crippen molar-refractivity contribution in [3.63, 3.8) is 0 Å². The molecule has 0 amide bonds. The van der Waals surface area contributed by atoms with Gasteiger partial charge in [-0.25, -0.2) is 0 Å². The first-order chi connectivity index (χ1) is 5.55. The highest BCUT2D eigenvalue weighted by Gasteiger charge is 2.16. The summed E-state index contributed by atoms with van der Waals surface area (Å²) in [6.07, 6.45) is 1.05. The lowest BCUT2D eigenvalue weighted by Crippen LogP contribution is -2.29. The third kappa shape index (κ3) is 3.12. The maximum Gasteiger partial charge on any atom is 0.0355 e. The summed E-state index contributed by atoms with van der Waals surface area (Å²) < 4.78 is 0. The van der Waals surface area contributed by atoms with Crippen molar-refractivity contribution in [3.05, 3.63) is 35.4 Å². The Morgan fingerprint density at radius 1 is 1.23 bits per heavy atom. The monoisotopic (exact) mass is 243 g/mol. The largest absolute Gasteiger partial charge is 0.322 e. The van der Waals surface area contributed by atoms with Gasteiger partial charge in [0, 0.05) is 5.54 Å². The van der Waals surface area contributed by atoms with Gasteiger partial charge < -0.3 is 5.73 Å². The summed E-state index contributed by atoms with van der Waals surface area (Å²) in [6, 6.07) is 8.36. The fourth-order valence-corrected chi connectivity index (χ4v) is 1.46. The lowest BCUT2D eigenvalue weighted by atomic mass is 9.90. The zero-order valence-corrected chi connectivity index (χ0v) is 10.2. The molecule has 2 heteroatoms. The molecule has 0 fully saturated rings. The van der Waals surface area contributed by atoms with Crippen molar-refractivity contribution in [3.8, 4) is 0 Å². The third-order valence-corrected chi connectivity index (χ3v) is 2.09. The summed E-state index contributed by atoms with van der Waals surface area (Å²) in [5.74, 6) is 0. The molecule has 0 spiro atoms. The summed E-state index contributed by atoms with van der Waals surface area (Å²) in [5, 5.41) is 0. The SMILES string of the molecule is Br.CCc1ccccc1C(C)(C)N. The van der Waals surface area contributed by atoms with E-state index >= 15 is 0 Å². The van der Waals surface area contributed by atoms with Gasteiger partial charge in [-0.2, -0.15) is 0 Å². The summed E-state index contributed by atoms with van der Waals surface area (Å²) in [7, 11) is 0. The van der Waals surface area contributed by atoms with Crippen molar-refractivity contribution in [2.45, 2.75) is 32.7 Å². The first kappa shape index (κ1) is 12.7. The van der Waals surface area contributed by atoms with E-state index in [4.69, 9.17) is 5.73 Å². The van der Waals surface area contributed by atoms with Crippen molar-refractivity contribution in [1.82, 2.24) is 0 Å². The van der Waals surface area contributed by atoms with Crippen LogP contribution >= 0.6 is 17.0 Å². The van der Waals surface area contributed by atoms with Crippen LogP contribution in [0.25, 0.3) is 0 Å². The molecular weight excluding hydrogens is 226 g/mol. The van der Waals surface area contributed by atoms with Gasteiger partial charge in [0.05, 0.1) is 0 Å². The quantitative estimate of drug-likeness (QED) is 0.850. The van der Waals surface area contributed by atoms with E-state index in [1.807, 2.05) is 19.9 Å². The number of rotatable bonds is 2. The van der Waals surface area contributed by atoms with Crippen molar-refractivity contribution in [2.75, 3.05) is 0 Å². The van der Waals surface area contributed by atoms with E-state index in [1.54, 1.807) is 0 Å². The van der Waals surface area contributed by atoms with Crippen molar-refractivity contribution in [1.29, 1.82) is 0 Å². The highest BCUT2D eigenvalue weighted by atomic mass is 79.9. The van der Waals surface area contributed by atoms with Crippen LogP contribution in [0, 0.1) is 0 Å². The van der Waals surface area contributed by atoms with Gasteiger partial charge in [0.2, 0.25) is 0 Å². The van der Waals surface area contributed by atoms with Gasteiger partial charge in [0.25, 0.3) is 0 Å². The maximum atomic E-state index is 6.03. The summed E-state index contributed by atoms with van der Waals surface area (Å²) in [6.45, 7) is 6.24. The van der Waals surface area contributed by atoms with E-state index in [0.717, 1.165) is 6.42 Å². The molecule has 2 N–H and O–H groups in total. The standard InChI is InChI=1S/C11H17N.BrH/c1-4-9-7-5-6-8-10(9)11(2,3)12;/h5-8H,4,12H2,1-3H3;1H. The number of aryl methyl sites for hydroxylation is 1. The van der Waals surface area contributed by atoms with Gasteiger partial charge >= 0.3 is 0 Å². The summed E-state index contributed by atoms with van der Waals surface area (Å²) >= 11 is 0. The molecule has 1 aromatic carbocycles. The first-order valence-corrected chi connectivity index (χ1v) is 4.43. The Labute approximate surface area is 91.1 Å². The molecule has 0 aliphatic carbocycles. The van der Waals surface area contributed by atoms with Gasteiger partial charge in [0.1, 0.15) is 0 Å². The molecule has 0 saturated heterocycles. The predicted octanol–water partition coefficient (Wildman–Crippen LogP) is 3.02. The lowest BCUT2D eigenvalue weighted by Gasteiger charge is -2.22. The van der Waals surface area contributed by atoms with E-state index < -0.39 is 0 Å². The van der Waals surface area contributed by atoms with Crippen LogP contribution in [-0.2, 0) is 12.0 Å². The molecule has 74 valence electrons. The molecule has 0 aliphatic heterocycles. The van der Waals surface area contributed by atoms with Crippen LogP contribution in [0.3, 0.4) is 0 Å². The third-order valence-electron chi connectivity index (χ3n) is 2.09. The topological polar surface area (TPSA) is 26.0 Å². The van der Waals surface area contributed by atoms with E-state index in [-0.39, 0.29) is 22.5 Å². The maximum absolute atomic E-state index is 6.03. The molecular formula is C11H18BrN. The van der Waals surface area contributed by atoms with E-state index in [0.29, 0.717) is 0 Å². The minimum absolute atomic E-state index is 0. The molecule has 0 saturated carbocycles. The van der Waals surface area contributed by atoms with Gasteiger partial charge in [-0.1, -0.05) is 31.2 Å². The van der Waals surface area contributed by atoms with Crippen LogP contribution < -0.4 is 5.73 Å². The molecule has 1 rings (SSSR count). The normalized spacial score (nSPS) is 10.8. The van der Waals surface area contributed by atoms with Gasteiger partial charge in [0.15, 0.2) is 0 Å². The Morgan fingerprint density at radius 3 is 2.15 bits per heavy atom. The molecule has 1 aromatic rings. The summed E-state index contributed by atoms with van der Waals surface area (Å²) in [5.41, 5.74) is 8.43. The Bertz CT molecular complexity index is 263. The Hall–Kier alpha value is -0.340. The van der Waals surface area contributed by atoms with E-state index in [9.17, 15) is 0 Å². The van der Waals surface area contributed by atoms with Gasteiger partial charge in [-0.3, -0.25) is 0 Å². The highest BCUT2D eigenvalue weighted by Crippen LogP contribution is 2.21. The van der Waals surface area contributed by atoms with Crippen molar-refractivity contribution >= 4 is 17.0 Å². The molecule has 0 aromatic heterocycles. The van der Waals surface area contributed by atoms with Crippen LogP contribution in [0.15, 0.2) is 24.3 Å². The second-order valence-electron chi connectivity index (χ2n) is 3.73. The van der Waals surface area contributed by atoms with Crippen LogP contribution in [0.5, 0.6) is 0 Å². The van der Waals surface area contributed by atoms with E-state index in [2.05, 4.69) is 25.1 Å². The molecule has 0 radical (unpaired) electrons. The fourth-order valence-electron chi connectivity index (χ4n) is 1.46. The minimum atomic E-state index is -0.216. The highest BCUT2D eigenvalue weighted by molar-refractivity contribution is 8.93. The lowest BCUT2D eigenvalue weighted by molar-refractivity contribution is 0.548. The Balaban J connectivity index is 0.00000144. The van der Waals surface area contributed by atoms with Gasteiger partial charge in [-0.05, 0) is 31.4 Å². The number of hydrogen-bond donors (Lipinski definition) is 1. The predicted molar refractivity (Wildman–Crippen MR) is 63.4 cm³/mol. The fraction of sp³-hybridized carbons (Fsp3) is 0.455. The second-order valence-corrected chi connectivity index (χ2v) is 3.73. The molecule has 0 heterocycles. The zero-order valence-electron chi connectivity index (χ0n) is 8.50. The molecule has 0 bridgehead atoms. The molecule has 13 heavy (non-hydrogen) atoms. The average Bonchev–Trinajstić information content (AvgIpc) is 2.03.